The zero-order chi connectivity index (χ0) is 12.7. The lowest BCUT2D eigenvalue weighted by atomic mass is 10.1. The first kappa shape index (κ1) is 13.1. The number of benzene rings is 1. The molecule has 1 aromatic rings. The molecule has 0 heterocycles. The molecule has 0 saturated carbocycles. The van der Waals surface area contributed by atoms with Crippen molar-refractivity contribution in [2.45, 2.75) is 20.3 Å². The van der Waals surface area contributed by atoms with Crippen molar-refractivity contribution >= 4 is 5.91 Å². The predicted molar refractivity (Wildman–Crippen MR) is 68.1 cm³/mol. The first-order valence-corrected chi connectivity index (χ1v) is 5.51. The lowest BCUT2D eigenvalue weighted by Gasteiger charge is -2.07. The van der Waals surface area contributed by atoms with Crippen LogP contribution < -0.4 is 10.1 Å². The van der Waals surface area contributed by atoms with Gasteiger partial charge in [-0.25, -0.2) is 0 Å². The third-order valence-electron chi connectivity index (χ3n) is 2.38. The number of carbonyl (C=O) groups excluding carboxylic acids is 1. The maximum atomic E-state index is 11.8. The van der Waals surface area contributed by atoms with E-state index in [9.17, 15) is 4.79 Å². The summed E-state index contributed by atoms with van der Waals surface area (Å²) in [6.45, 7) is 4.29. The fraction of sp³-hybridized carbons (Fsp3) is 0.357. The van der Waals surface area contributed by atoms with Crippen LogP contribution >= 0.6 is 0 Å². The van der Waals surface area contributed by atoms with Gasteiger partial charge in [0.25, 0.3) is 5.91 Å². The van der Waals surface area contributed by atoms with Crippen molar-refractivity contribution in [3.8, 4) is 17.6 Å². The van der Waals surface area contributed by atoms with Crippen LogP contribution in [0.15, 0.2) is 18.2 Å². The molecular formula is C14H17NO2. The van der Waals surface area contributed by atoms with E-state index in [2.05, 4.69) is 17.2 Å². The second-order valence-electron chi connectivity index (χ2n) is 3.62. The molecule has 0 fully saturated rings. The van der Waals surface area contributed by atoms with Gasteiger partial charge in [-0.3, -0.25) is 4.79 Å². The number of carbonyl (C=O) groups is 1. The average molecular weight is 231 g/mol. The van der Waals surface area contributed by atoms with E-state index in [-0.39, 0.29) is 5.91 Å². The Balaban J connectivity index is 2.64. The lowest BCUT2D eigenvalue weighted by molar-refractivity contribution is 0.0954. The number of hydrogen-bond acceptors (Lipinski definition) is 2. The Morgan fingerprint density at radius 3 is 2.88 bits per heavy atom. The number of methoxy groups -OCH3 is 1. The maximum Gasteiger partial charge on any atom is 0.251 e. The van der Waals surface area contributed by atoms with Crippen LogP contribution in [0.3, 0.4) is 0 Å². The highest BCUT2D eigenvalue weighted by molar-refractivity contribution is 5.94. The van der Waals surface area contributed by atoms with Crippen molar-refractivity contribution < 1.29 is 9.53 Å². The molecule has 90 valence electrons. The number of nitrogens with one attached hydrogen (secondary N) is 1. The highest BCUT2D eigenvalue weighted by Gasteiger charge is 2.07. The molecule has 1 aromatic carbocycles. The molecule has 0 saturated heterocycles. The van der Waals surface area contributed by atoms with Gasteiger partial charge in [0.05, 0.1) is 7.11 Å². The van der Waals surface area contributed by atoms with Crippen LogP contribution in [0.4, 0.5) is 0 Å². The summed E-state index contributed by atoms with van der Waals surface area (Å²) >= 11 is 0. The van der Waals surface area contributed by atoms with E-state index >= 15 is 0 Å². The van der Waals surface area contributed by atoms with E-state index in [0.717, 1.165) is 11.3 Å². The molecule has 0 aromatic heterocycles. The quantitative estimate of drug-likeness (QED) is 0.637. The lowest BCUT2D eigenvalue weighted by Crippen LogP contribution is -2.24. The molecule has 17 heavy (non-hydrogen) atoms. The van der Waals surface area contributed by atoms with Crippen molar-refractivity contribution in [3.05, 3.63) is 29.3 Å². The molecule has 0 bridgehead atoms. The minimum absolute atomic E-state index is 0.0961. The van der Waals surface area contributed by atoms with Gasteiger partial charge < -0.3 is 10.1 Å². The van der Waals surface area contributed by atoms with Crippen molar-refractivity contribution in [1.82, 2.24) is 5.32 Å². The Hall–Kier alpha value is -1.95. The Labute approximate surface area is 102 Å². The molecular weight excluding hydrogens is 214 g/mol. The van der Waals surface area contributed by atoms with E-state index in [4.69, 9.17) is 4.74 Å². The molecule has 3 nitrogen and oxygen atoms in total. The predicted octanol–water partition coefficient (Wildman–Crippen LogP) is 2.15. The Morgan fingerprint density at radius 2 is 2.24 bits per heavy atom. The van der Waals surface area contributed by atoms with E-state index < -0.39 is 0 Å². The molecule has 0 spiro atoms. The van der Waals surface area contributed by atoms with Crippen LogP contribution in [0.2, 0.25) is 0 Å². The van der Waals surface area contributed by atoms with E-state index in [1.807, 2.05) is 13.0 Å². The monoisotopic (exact) mass is 231 g/mol. The summed E-state index contributed by atoms with van der Waals surface area (Å²) in [5.74, 6) is 6.31. The summed E-state index contributed by atoms with van der Waals surface area (Å²) < 4.78 is 5.18. The van der Waals surface area contributed by atoms with Gasteiger partial charge in [0.2, 0.25) is 0 Å². The van der Waals surface area contributed by atoms with E-state index in [0.29, 0.717) is 18.5 Å². The van der Waals surface area contributed by atoms with Crippen LogP contribution in [0, 0.1) is 18.8 Å². The topological polar surface area (TPSA) is 38.3 Å². The fourth-order valence-corrected chi connectivity index (χ4v) is 1.43. The van der Waals surface area contributed by atoms with E-state index in [1.54, 1.807) is 26.2 Å². The van der Waals surface area contributed by atoms with Crippen LogP contribution in [0.1, 0.15) is 29.3 Å². The van der Waals surface area contributed by atoms with Crippen molar-refractivity contribution in [2.75, 3.05) is 13.7 Å². The zero-order valence-corrected chi connectivity index (χ0v) is 10.5. The number of aryl methyl sites for hydroxylation is 1. The molecule has 1 rings (SSSR count). The summed E-state index contributed by atoms with van der Waals surface area (Å²) in [4.78, 5) is 11.8. The summed E-state index contributed by atoms with van der Waals surface area (Å²) in [7, 11) is 1.60. The highest BCUT2D eigenvalue weighted by Crippen LogP contribution is 2.18. The Kier molecular flexibility index (Phi) is 5.09. The smallest absolute Gasteiger partial charge is 0.251 e. The van der Waals surface area contributed by atoms with Crippen LogP contribution in [-0.4, -0.2) is 19.6 Å². The zero-order valence-electron chi connectivity index (χ0n) is 10.5. The van der Waals surface area contributed by atoms with Crippen LogP contribution in [0.25, 0.3) is 0 Å². The first-order chi connectivity index (χ1) is 8.19. The molecule has 0 atom stereocenters. The highest BCUT2D eigenvalue weighted by atomic mass is 16.5. The van der Waals surface area contributed by atoms with Gasteiger partial charge in [-0.05, 0) is 31.5 Å². The van der Waals surface area contributed by atoms with Gasteiger partial charge in [0, 0.05) is 18.5 Å². The third-order valence-corrected chi connectivity index (χ3v) is 2.38. The molecule has 0 aliphatic carbocycles. The maximum absolute atomic E-state index is 11.8. The minimum Gasteiger partial charge on any atom is -0.496 e. The number of hydrogen-bond donors (Lipinski definition) is 1. The van der Waals surface area contributed by atoms with Crippen LogP contribution in [0.5, 0.6) is 5.75 Å². The molecule has 0 aliphatic heterocycles. The summed E-state index contributed by atoms with van der Waals surface area (Å²) in [6, 6.07) is 5.41. The fourth-order valence-electron chi connectivity index (χ4n) is 1.43. The summed E-state index contributed by atoms with van der Waals surface area (Å²) in [6.07, 6.45) is 0.672. The molecule has 0 aliphatic rings. The molecule has 1 N–H and O–H groups in total. The largest absolute Gasteiger partial charge is 0.496 e. The normalized spacial score (nSPS) is 9.12. The van der Waals surface area contributed by atoms with Gasteiger partial charge >= 0.3 is 0 Å². The van der Waals surface area contributed by atoms with Crippen molar-refractivity contribution in [1.29, 1.82) is 0 Å². The molecule has 0 unspecified atom stereocenters. The Morgan fingerprint density at radius 1 is 1.47 bits per heavy atom. The second kappa shape index (κ2) is 6.59. The SMILES string of the molecule is CC#CCCNC(=O)c1ccc(C)c(OC)c1. The first-order valence-electron chi connectivity index (χ1n) is 5.51. The van der Waals surface area contributed by atoms with Crippen molar-refractivity contribution in [3.63, 3.8) is 0 Å². The number of amides is 1. The molecule has 3 heteroatoms. The third kappa shape index (κ3) is 3.84. The van der Waals surface area contributed by atoms with Gasteiger partial charge in [-0.15, -0.1) is 11.8 Å². The molecule has 0 radical (unpaired) electrons. The standard InChI is InChI=1S/C14H17NO2/c1-4-5-6-9-15-14(16)12-8-7-11(2)13(10-12)17-3/h7-8,10H,6,9H2,1-3H3,(H,15,16). The summed E-state index contributed by atoms with van der Waals surface area (Å²) in [5.41, 5.74) is 1.62. The van der Waals surface area contributed by atoms with Crippen LogP contribution in [-0.2, 0) is 0 Å². The number of ether oxygens (including phenoxy) is 1. The van der Waals surface area contributed by atoms with Crippen molar-refractivity contribution in [2.24, 2.45) is 0 Å². The Bertz CT molecular complexity index is 455. The van der Waals surface area contributed by atoms with Gasteiger partial charge in [0.15, 0.2) is 0 Å². The van der Waals surface area contributed by atoms with Gasteiger partial charge in [-0.1, -0.05) is 6.07 Å². The second-order valence-corrected chi connectivity index (χ2v) is 3.62. The molecule has 1 amide bonds. The van der Waals surface area contributed by atoms with Gasteiger partial charge in [-0.2, -0.15) is 0 Å². The minimum atomic E-state index is -0.0961. The summed E-state index contributed by atoms with van der Waals surface area (Å²) in [5, 5.41) is 2.81. The average Bonchev–Trinajstić information content (AvgIpc) is 2.35. The van der Waals surface area contributed by atoms with E-state index in [1.165, 1.54) is 0 Å². The number of rotatable bonds is 4. The van der Waals surface area contributed by atoms with Gasteiger partial charge in [0.1, 0.15) is 5.75 Å².